The lowest BCUT2D eigenvalue weighted by molar-refractivity contribution is -0.141. The number of urea groups is 1. The molecule has 8 nitrogen and oxygen atoms in total. The Balaban J connectivity index is 1.85. The lowest BCUT2D eigenvalue weighted by atomic mass is 10.2. The Hall–Kier alpha value is -1.95. The molecule has 1 fully saturated rings. The SMILES string of the molecule is Cc1cc(C(F)(F)F)nc(CCNC(=O)N2CCC(CS(N)(=O)=O)C2)n1. The van der Waals surface area contributed by atoms with E-state index in [0.717, 1.165) is 6.07 Å². The van der Waals surface area contributed by atoms with Crippen LogP contribution in [0, 0.1) is 12.8 Å². The van der Waals surface area contributed by atoms with Gasteiger partial charge in [-0.2, -0.15) is 13.2 Å². The minimum Gasteiger partial charge on any atom is -0.338 e. The molecule has 0 aromatic carbocycles. The van der Waals surface area contributed by atoms with Crippen molar-refractivity contribution in [2.75, 3.05) is 25.4 Å². The second-order valence-electron chi connectivity index (χ2n) is 6.22. The van der Waals surface area contributed by atoms with E-state index < -0.39 is 27.9 Å². The highest BCUT2D eigenvalue weighted by Crippen LogP contribution is 2.27. The summed E-state index contributed by atoms with van der Waals surface area (Å²) in [5.74, 6) is -0.412. The first-order valence-electron chi connectivity index (χ1n) is 7.89. The Labute approximate surface area is 149 Å². The molecule has 0 radical (unpaired) electrons. The summed E-state index contributed by atoms with van der Waals surface area (Å²) in [5, 5.41) is 7.57. The number of nitrogens with one attached hydrogen (secondary N) is 1. The van der Waals surface area contributed by atoms with Crippen molar-refractivity contribution in [3.05, 3.63) is 23.3 Å². The molecule has 1 aromatic heterocycles. The third-order valence-electron chi connectivity index (χ3n) is 3.86. The molecule has 1 unspecified atom stereocenters. The summed E-state index contributed by atoms with van der Waals surface area (Å²) in [7, 11) is -3.60. The standard InChI is InChI=1S/C14H20F3N5O3S/c1-9-6-11(14(15,16)17)21-12(20-9)2-4-19-13(23)22-5-3-10(7-22)8-26(18,24)25/h6,10H,2-5,7-8H2,1H3,(H,19,23)(H2,18,24,25). The molecule has 2 heterocycles. The van der Waals surface area contributed by atoms with Crippen LogP contribution in [0.25, 0.3) is 0 Å². The number of aromatic nitrogens is 2. The van der Waals surface area contributed by atoms with E-state index in [-0.39, 0.29) is 42.7 Å². The first-order valence-corrected chi connectivity index (χ1v) is 9.60. The number of carbonyl (C=O) groups excluding carboxylic acids is 1. The molecule has 3 N–H and O–H groups in total. The third kappa shape index (κ3) is 6.09. The van der Waals surface area contributed by atoms with Crippen LogP contribution in [0.4, 0.5) is 18.0 Å². The fourth-order valence-electron chi connectivity index (χ4n) is 2.76. The van der Waals surface area contributed by atoms with Crippen LogP contribution in [0.15, 0.2) is 6.07 Å². The maximum Gasteiger partial charge on any atom is 0.433 e. The van der Waals surface area contributed by atoms with Crippen molar-refractivity contribution < 1.29 is 26.4 Å². The first kappa shape index (κ1) is 20.4. The second kappa shape index (κ2) is 7.74. The van der Waals surface area contributed by atoms with Gasteiger partial charge in [0.1, 0.15) is 11.5 Å². The van der Waals surface area contributed by atoms with Crippen LogP contribution in [0.1, 0.15) is 23.6 Å². The molecular formula is C14H20F3N5O3S. The van der Waals surface area contributed by atoms with Crippen LogP contribution in [0.5, 0.6) is 0 Å². The zero-order valence-corrected chi connectivity index (χ0v) is 14.9. The van der Waals surface area contributed by atoms with E-state index in [4.69, 9.17) is 5.14 Å². The molecule has 12 heteroatoms. The normalized spacial score (nSPS) is 18.2. The van der Waals surface area contributed by atoms with Crippen molar-refractivity contribution in [2.24, 2.45) is 11.1 Å². The molecule has 0 bridgehead atoms. The molecule has 1 aliphatic heterocycles. The number of hydrogen-bond donors (Lipinski definition) is 2. The predicted molar refractivity (Wildman–Crippen MR) is 86.5 cm³/mol. The van der Waals surface area contributed by atoms with Crippen LogP contribution >= 0.6 is 0 Å². The Morgan fingerprint density at radius 3 is 2.73 bits per heavy atom. The molecule has 2 amide bonds. The Morgan fingerprint density at radius 2 is 2.12 bits per heavy atom. The summed E-state index contributed by atoms with van der Waals surface area (Å²) < 4.78 is 60.4. The molecular weight excluding hydrogens is 375 g/mol. The average molecular weight is 395 g/mol. The minimum absolute atomic E-state index is 0.00820. The van der Waals surface area contributed by atoms with Crippen molar-refractivity contribution in [1.29, 1.82) is 0 Å². The van der Waals surface area contributed by atoms with Gasteiger partial charge in [-0.25, -0.2) is 28.3 Å². The number of hydrogen-bond acceptors (Lipinski definition) is 5. The highest BCUT2D eigenvalue weighted by Gasteiger charge is 2.33. The number of rotatable bonds is 5. The molecule has 1 saturated heterocycles. The van der Waals surface area contributed by atoms with Gasteiger partial charge in [-0.3, -0.25) is 0 Å². The van der Waals surface area contributed by atoms with Crippen LogP contribution in [-0.2, 0) is 22.6 Å². The van der Waals surface area contributed by atoms with Gasteiger partial charge in [-0.1, -0.05) is 0 Å². The van der Waals surface area contributed by atoms with E-state index in [1.165, 1.54) is 11.8 Å². The van der Waals surface area contributed by atoms with Gasteiger partial charge >= 0.3 is 12.2 Å². The van der Waals surface area contributed by atoms with Crippen molar-refractivity contribution in [2.45, 2.75) is 25.9 Å². The van der Waals surface area contributed by atoms with E-state index in [0.29, 0.717) is 13.0 Å². The van der Waals surface area contributed by atoms with Crippen molar-refractivity contribution in [3.8, 4) is 0 Å². The van der Waals surface area contributed by atoms with Gasteiger partial charge < -0.3 is 10.2 Å². The van der Waals surface area contributed by atoms with Gasteiger partial charge in [-0.15, -0.1) is 0 Å². The molecule has 0 saturated carbocycles. The third-order valence-corrected chi connectivity index (χ3v) is 4.79. The monoisotopic (exact) mass is 395 g/mol. The summed E-state index contributed by atoms with van der Waals surface area (Å²) in [6.45, 7) is 2.16. The quantitative estimate of drug-likeness (QED) is 0.760. The number of nitrogens with two attached hydrogens (primary N) is 1. The van der Waals surface area contributed by atoms with Crippen LogP contribution in [0.2, 0.25) is 0 Å². The Kier molecular flexibility index (Phi) is 6.06. The fourth-order valence-corrected chi connectivity index (χ4v) is 3.69. The van der Waals surface area contributed by atoms with Crippen LogP contribution < -0.4 is 10.5 Å². The summed E-state index contributed by atoms with van der Waals surface area (Å²) in [4.78, 5) is 20.9. The molecule has 0 spiro atoms. The van der Waals surface area contributed by atoms with Crippen LogP contribution in [0.3, 0.4) is 0 Å². The lowest BCUT2D eigenvalue weighted by Crippen LogP contribution is -2.40. The van der Waals surface area contributed by atoms with Gasteiger partial charge in [0.25, 0.3) is 0 Å². The Bertz CT molecular complexity index is 770. The smallest absolute Gasteiger partial charge is 0.338 e. The summed E-state index contributed by atoms with van der Waals surface area (Å²) >= 11 is 0. The number of alkyl halides is 3. The average Bonchev–Trinajstić information content (AvgIpc) is 2.92. The number of sulfonamides is 1. The van der Waals surface area contributed by atoms with E-state index in [2.05, 4.69) is 15.3 Å². The molecule has 1 atom stereocenters. The number of likely N-dealkylation sites (tertiary alicyclic amines) is 1. The number of nitrogens with zero attached hydrogens (tertiary/aromatic N) is 3. The maximum absolute atomic E-state index is 12.7. The predicted octanol–water partition coefficient (Wildman–Crippen LogP) is 0.666. The van der Waals surface area contributed by atoms with Crippen LogP contribution in [-0.4, -0.2) is 54.7 Å². The molecule has 1 aromatic rings. The Morgan fingerprint density at radius 1 is 1.42 bits per heavy atom. The fraction of sp³-hybridized carbons (Fsp3) is 0.643. The largest absolute Gasteiger partial charge is 0.433 e. The number of aryl methyl sites for hydroxylation is 1. The molecule has 26 heavy (non-hydrogen) atoms. The lowest BCUT2D eigenvalue weighted by Gasteiger charge is -2.17. The molecule has 2 rings (SSSR count). The van der Waals surface area contributed by atoms with E-state index >= 15 is 0 Å². The van der Waals surface area contributed by atoms with Crippen molar-refractivity contribution in [3.63, 3.8) is 0 Å². The number of primary sulfonamides is 1. The number of halogens is 3. The summed E-state index contributed by atoms with van der Waals surface area (Å²) in [5.41, 5.74) is -0.823. The zero-order chi connectivity index (χ0) is 19.5. The molecule has 1 aliphatic rings. The van der Waals surface area contributed by atoms with E-state index in [1.54, 1.807) is 0 Å². The van der Waals surface area contributed by atoms with Gasteiger partial charge in [0, 0.05) is 31.7 Å². The first-order chi connectivity index (χ1) is 11.9. The zero-order valence-electron chi connectivity index (χ0n) is 14.1. The van der Waals surface area contributed by atoms with Gasteiger partial charge in [0.05, 0.1) is 5.75 Å². The molecule has 0 aliphatic carbocycles. The topological polar surface area (TPSA) is 118 Å². The van der Waals surface area contributed by atoms with Gasteiger partial charge in [0.2, 0.25) is 10.0 Å². The number of amides is 2. The van der Waals surface area contributed by atoms with Gasteiger partial charge in [0.15, 0.2) is 0 Å². The highest BCUT2D eigenvalue weighted by atomic mass is 32.2. The van der Waals surface area contributed by atoms with E-state index in [9.17, 15) is 26.4 Å². The van der Waals surface area contributed by atoms with E-state index in [1.807, 2.05) is 0 Å². The summed E-state index contributed by atoms with van der Waals surface area (Å²) in [6, 6.07) is 0.448. The molecule has 146 valence electrons. The minimum atomic E-state index is -4.56. The van der Waals surface area contributed by atoms with Crippen molar-refractivity contribution >= 4 is 16.1 Å². The second-order valence-corrected chi connectivity index (χ2v) is 7.88. The summed E-state index contributed by atoms with van der Waals surface area (Å²) in [6.07, 6.45) is -3.98. The number of carbonyl (C=O) groups is 1. The maximum atomic E-state index is 12.7. The highest BCUT2D eigenvalue weighted by molar-refractivity contribution is 7.89. The van der Waals surface area contributed by atoms with Gasteiger partial charge in [-0.05, 0) is 25.3 Å². The van der Waals surface area contributed by atoms with Crippen molar-refractivity contribution in [1.82, 2.24) is 20.2 Å².